The second-order valence-electron chi connectivity index (χ2n) is 8.35. The zero-order valence-electron chi connectivity index (χ0n) is 18.1. The average Bonchev–Trinajstić information content (AvgIpc) is 3.15. The van der Waals surface area contributed by atoms with E-state index in [4.69, 9.17) is 4.74 Å². The maximum Gasteiger partial charge on any atom is 0.292 e. The molecule has 7 heteroatoms. The monoisotopic (exact) mass is 446 g/mol. The predicted molar refractivity (Wildman–Crippen MR) is 123 cm³/mol. The van der Waals surface area contributed by atoms with Crippen LogP contribution in [0.3, 0.4) is 0 Å². The normalized spacial score (nSPS) is 19.2. The van der Waals surface area contributed by atoms with Gasteiger partial charge in [0.1, 0.15) is 17.3 Å². The molecule has 2 amide bonds. The number of hydrogen-bond donors (Lipinski definition) is 1. The number of amides is 2. The smallest absolute Gasteiger partial charge is 0.292 e. The van der Waals surface area contributed by atoms with Crippen LogP contribution in [0.4, 0.5) is 15.8 Å². The maximum atomic E-state index is 13.2. The molecule has 0 spiro atoms. The standard InChI is InChI=1S/C26H24FN3O3/c27-19-6-8-20(9-7-19)28-14-16-29(17-15-28)24-18-25(31)30(26(24)32)21-10-12-23(13-11-21)33-22-4-2-1-3-5-22/h1-13,24H,14-18H2/p+1/t24-/m1/s1. The van der Waals surface area contributed by atoms with Gasteiger partial charge in [0.2, 0.25) is 5.91 Å². The molecular weight excluding hydrogens is 421 g/mol. The van der Waals surface area contributed by atoms with Crippen LogP contribution >= 0.6 is 0 Å². The predicted octanol–water partition coefficient (Wildman–Crippen LogP) is 2.66. The van der Waals surface area contributed by atoms with Crippen LogP contribution in [-0.4, -0.2) is 44.0 Å². The highest BCUT2D eigenvalue weighted by molar-refractivity contribution is 6.21. The van der Waals surface area contributed by atoms with Gasteiger partial charge in [-0.25, -0.2) is 9.29 Å². The van der Waals surface area contributed by atoms with E-state index in [1.807, 2.05) is 30.3 Å². The number of piperazine rings is 1. The second kappa shape index (κ2) is 9.03. The lowest BCUT2D eigenvalue weighted by Gasteiger charge is -2.35. The van der Waals surface area contributed by atoms with Gasteiger partial charge in [-0.05, 0) is 60.7 Å². The molecule has 2 heterocycles. The Morgan fingerprint density at radius 1 is 0.788 bits per heavy atom. The molecule has 2 saturated heterocycles. The van der Waals surface area contributed by atoms with Gasteiger partial charge in [0.25, 0.3) is 5.91 Å². The summed E-state index contributed by atoms with van der Waals surface area (Å²) >= 11 is 0. The first-order valence-corrected chi connectivity index (χ1v) is 11.1. The summed E-state index contributed by atoms with van der Waals surface area (Å²) in [7, 11) is 0. The van der Waals surface area contributed by atoms with Crippen molar-refractivity contribution >= 4 is 23.2 Å². The Hall–Kier alpha value is -3.71. The highest BCUT2D eigenvalue weighted by atomic mass is 19.1. The average molecular weight is 447 g/mol. The van der Waals surface area contributed by atoms with Gasteiger partial charge in [0, 0.05) is 5.69 Å². The van der Waals surface area contributed by atoms with Crippen LogP contribution in [0.15, 0.2) is 78.9 Å². The summed E-state index contributed by atoms with van der Waals surface area (Å²) in [6, 6.07) is 22.6. The molecular formula is C26H25FN3O3+. The summed E-state index contributed by atoms with van der Waals surface area (Å²) in [5.74, 6) is 0.792. The first-order valence-electron chi connectivity index (χ1n) is 11.1. The molecule has 1 atom stereocenters. The summed E-state index contributed by atoms with van der Waals surface area (Å²) in [5.41, 5.74) is 1.54. The van der Waals surface area contributed by atoms with E-state index >= 15 is 0 Å². The summed E-state index contributed by atoms with van der Waals surface area (Å²) < 4.78 is 19.0. The summed E-state index contributed by atoms with van der Waals surface area (Å²) in [4.78, 5) is 30.5. The van der Waals surface area contributed by atoms with Gasteiger partial charge >= 0.3 is 0 Å². The highest BCUT2D eigenvalue weighted by Crippen LogP contribution is 2.27. The molecule has 1 N–H and O–H groups in total. The van der Waals surface area contributed by atoms with E-state index in [2.05, 4.69) is 4.90 Å². The van der Waals surface area contributed by atoms with Gasteiger partial charge in [0.05, 0.1) is 38.3 Å². The summed E-state index contributed by atoms with van der Waals surface area (Å²) in [6.07, 6.45) is 0.215. The number of carbonyl (C=O) groups excluding carboxylic acids is 2. The Morgan fingerprint density at radius 2 is 1.39 bits per heavy atom. The number of halogens is 1. The summed E-state index contributed by atoms with van der Waals surface area (Å²) in [6.45, 7) is 3.01. The van der Waals surface area contributed by atoms with E-state index in [9.17, 15) is 14.0 Å². The molecule has 168 valence electrons. The van der Waals surface area contributed by atoms with Crippen LogP contribution in [0.5, 0.6) is 11.5 Å². The van der Waals surface area contributed by atoms with Crippen LogP contribution in [0, 0.1) is 5.82 Å². The van der Waals surface area contributed by atoms with E-state index in [-0.39, 0.29) is 30.1 Å². The molecule has 0 bridgehead atoms. The van der Waals surface area contributed by atoms with Crippen molar-refractivity contribution in [1.82, 2.24) is 0 Å². The van der Waals surface area contributed by atoms with E-state index in [0.717, 1.165) is 42.5 Å². The Labute approximate surface area is 191 Å². The minimum absolute atomic E-state index is 0.151. The molecule has 0 aliphatic carbocycles. The first-order chi connectivity index (χ1) is 16.1. The number of nitrogens with zero attached hydrogens (tertiary/aromatic N) is 2. The Bertz CT molecular complexity index is 1130. The molecule has 5 rings (SSSR count). The van der Waals surface area contributed by atoms with E-state index in [0.29, 0.717) is 11.4 Å². The van der Waals surface area contributed by atoms with Crippen molar-refractivity contribution in [3.05, 3.63) is 84.7 Å². The van der Waals surface area contributed by atoms with Crippen LogP contribution in [0.1, 0.15) is 6.42 Å². The number of quaternary nitrogens is 1. The number of hydrogen-bond acceptors (Lipinski definition) is 4. The largest absolute Gasteiger partial charge is 0.457 e. The molecule has 33 heavy (non-hydrogen) atoms. The van der Waals surface area contributed by atoms with E-state index in [1.165, 1.54) is 17.0 Å². The van der Waals surface area contributed by atoms with Gasteiger partial charge in [-0.15, -0.1) is 0 Å². The second-order valence-corrected chi connectivity index (χ2v) is 8.35. The molecule has 2 aliphatic heterocycles. The molecule has 3 aromatic carbocycles. The van der Waals surface area contributed by atoms with Crippen molar-refractivity contribution in [3.63, 3.8) is 0 Å². The third-order valence-electron chi connectivity index (χ3n) is 6.31. The minimum Gasteiger partial charge on any atom is -0.457 e. The van der Waals surface area contributed by atoms with Crippen molar-refractivity contribution in [1.29, 1.82) is 0 Å². The fraction of sp³-hybridized carbons (Fsp3) is 0.231. The van der Waals surface area contributed by atoms with Crippen LogP contribution in [-0.2, 0) is 9.59 Å². The van der Waals surface area contributed by atoms with Gasteiger partial charge in [0.15, 0.2) is 6.04 Å². The maximum absolute atomic E-state index is 13.2. The molecule has 3 aromatic rings. The number of anilines is 2. The molecule has 2 fully saturated rings. The zero-order chi connectivity index (χ0) is 22.8. The van der Waals surface area contributed by atoms with E-state index < -0.39 is 0 Å². The lowest BCUT2D eigenvalue weighted by Crippen LogP contribution is -3.19. The third kappa shape index (κ3) is 4.45. The van der Waals surface area contributed by atoms with Crippen molar-refractivity contribution in [2.45, 2.75) is 12.5 Å². The van der Waals surface area contributed by atoms with E-state index in [1.54, 1.807) is 36.4 Å². The quantitative estimate of drug-likeness (QED) is 0.613. The number of benzene rings is 3. The molecule has 0 aromatic heterocycles. The van der Waals surface area contributed by atoms with Gasteiger partial charge in [-0.1, -0.05) is 18.2 Å². The van der Waals surface area contributed by atoms with Crippen molar-refractivity contribution in [3.8, 4) is 11.5 Å². The van der Waals surface area contributed by atoms with Gasteiger partial charge in [-0.3, -0.25) is 9.59 Å². The van der Waals surface area contributed by atoms with Crippen molar-refractivity contribution in [2.24, 2.45) is 0 Å². The lowest BCUT2D eigenvalue weighted by atomic mass is 10.1. The Morgan fingerprint density at radius 3 is 2.06 bits per heavy atom. The fourth-order valence-corrected chi connectivity index (χ4v) is 4.56. The van der Waals surface area contributed by atoms with Crippen LogP contribution in [0.25, 0.3) is 0 Å². The zero-order valence-corrected chi connectivity index (χ0v) is 18.1. The van der Waals surface area contributed by atoms with Gasteiger partial charge < -0.3 is 14.5 Å². The topological polar surface area (TPSA) is 54.3 Å². The minimum atomic E-state index is -0.367. The van der Waals surface area contributed by atoms with Crippen LogP contribution < -0.4 is 19.4 Å². The molecule has 0 saturated carbocycles. The fourth-order valence-electron chi connectivity index (χ4n) is 4.56. The number of para-hydroxylation sites is 1. The van der Waals surface area contributed by atoms with Crippen molar-refractivity contribution < 1.29 is 23.6 Å². The Balaban J connectivity index is 1.22. The number of ether oxygens (including phenoxy) is 1. The number of rotatable bonds is 5. The molecule has 6 nitrogen and oxygen atoms in total. The number of imide groups is 1. The lowest BCUT2D eigenvalue weighted by molar-refractivity contribution is -0.915. The molecule has 0 unspecified atom stereocenters. The third-order valence-corrected chi connectivity index (χ3v) is 6.31. The van der Waals surface area contributed by atoms with Crippen molar-refractivity contribution in [2.75, 3.05) is 36.0 Å². The first kappa shape index (κ1) is 21.2. The van der Waals surface area contributed by atoms with Gasteiger partial charge in [-0.2, -0.15) is 0 Å². The number of carbonyl (C=O) groups is 2. The molecule has 2 aliphatic rings. The Kier molecular flexibility index (Phi) is 5.79. The highest BCUT2D eigenvalue weighted by Gasteiger charge is 2.46. The molecule has 0 radical (unpaired) electrons. The summed E-state index contributed by atoms with van der Waals surface area (Å²) in [5, 5.41) is 0. The SMILES string of the molecule is O=C1C[C@@H]([NH+]2CCN(c3ccc(F)cc3)CC2)C(=O)N1c1ccc(Oc2ccccc2)cc1. The van der Waals surface area contributed by atoms with Crippen LogP contribution in [0.2, 0.25) is 0 Å². The number of nitrogens with one attached hydrogen (secondary N) is 1.